The van der Waals surface area contributed by atoms with Crippen LogP contribution in [0.2, 0.25) is 5.02 Å². The lowest BCUT2D eigenvalue weighted by Gasteiger charge is -2.23. The number of aromatic carboxylic acids is 1. The molecule has 0 amide bonds. The molecule has 0 spiro atoms. The third-order valence-corrected chi connectivity index (χ3v) is 5.08. The van der Waals surface area contributed by atoms with Gasteiger partial charge >= 0.3 is 5.97 Å². The second-order valence-electron chi connectivity index (χ2n) is 6.99. The van der Waals surface area contributed by atoms with Gasteiger partial charge in [-0.1, -0.05) is 16.8 Å². The zero-order valence-corrected chi connectivity index (χ0v) is 16.1. The molecule has 3 N–H and O–H groups in total. The number of benzene rings is 1. The first-order chi connectivity index (χ1) is 13.3. The second-order valence-corrected chi connectivity index (χ2v) is 7.43. The van der Waals surface area contributed by atoms with Crippen LogP contribution in [0.3, 0.4) is 0 Å². The minimum absolute atomic E-state index is 0.124. The summed E-state index contributed by atoms with van der Waals surface area (Å²) in [7, 11) is 0. The summed E-state index contributed by atoms with van der Waals surface area (Å²) in [6.07, 6.45) is 2.28. The Kier molecular flexibility index (Phi) is 6.21. The molecule has 5 rings (SSSR count). The van der Waals surface area contributed by atoms with Crippen LogP contribution in [0.25, 0.3) is 11.3 Å². The number of hydrogen-bond acceptors (Lipinski definition) is 6. The molecular formula is C19H22ClN3O5. The van der Waals surface area contributed by atoms with Crippen molar-refractivity contribution >= 4 is 29.4 Å². The summed E-state index contributed by atoms with van der Waals surface area (Å²) < 4.78 is 5.43. The first-order valence-corrected chi connectivity index (χ1v) is 9.39. The van der Waals surface area contributed by atoms with Gasteiger partial charge in [0, 0.05) is 36.6 Å². The number of aliphatic carboxylic acids is 1. The van der Waals surface area contributed by atoms with E-state index in [9.17, 15) is 9.90 Å². The Hall–Kier alpha value is -2.58. The number of halogens is 1. The molecule has 4 heterocycles. The number of carbonyl (C=O) groups is 2. The maximum atomic E-state index is 11.9. The fourth-order valence-corrected chi connectivity index (χ4v) is 3.73. The summed E-state index contributed by atoms with van der Waals surface area (Å²) in [5, 5.41) is 25.4. The fraction of sp³-hybridized carbons (Fsp3) is 0.421. The average molecular weight is 408 g/mol. The van der Waals surface area contributed by atoms with E-state index in [0.29, 0.717) is 28.4 Å². The Morgan fingerprint density at radius 1 is 1.21 bits per heavy atom. The van der Waals surface area contributed by atoms with Crippen molar-refractivity contribution in [1.82, 2.24) is 10.5 Å². The normalized spacial score (nSPS) is 20.9. The molecular weight excluding hydrogens is 386 g/mol. The molecule has 150 valence electrons. The van der Waals surface area contributed by atoms with Gasteiger partial charge in [-0.25, -0.2) is 4.79 Å². The second kappa shape index (κ2) is 8.62. The van der Waals surface area contributed by atoms with Gasteiger partial charge in [0.25, 0.3) is 5.97 Å². The molecule has 2 bridgehead atoms. The molecule has 3 aliphatic rings. The van der Waals surface area contributed by atoms with Gasteiger partial charge in [0.15, 0.2) is 17.1 Å². The van der Waals surface area contributed by atoms with Gasteiger partial charge in [-0.3, -0.25) is 4.79 Å². The molecule has 8 nitrogen and oxygen atoms in total. The van der Waals surface area contributed by atoms with Crippen molar-refractivity contribution in [3.63, 3.8) is 0 Å². The minimum atomic E-state index is -1.03. The Bertz CT molecular complexity index is 826. The molecule has 3 aliphatic heterocycles. The highest BCUT2D eigenvalue weighted by Gasteiger charge is 2.34. The minimum Gasteiger partial charge on any atom is -0.481 e. The number of hydrogen-bond donors (Lipinski definition) is 3. The Labute approximate surface area is 167 Å². The molecule has 0 unspecified atom stereocenters. The van der Waals surface area contributed by atoms with Crippen LogP contribution in [0.1, 0.15) is 30.1 Å². The monoisotopic (exact) mass is 407 g/mol. The smallest absolute Gasteiger partial charge is 0.343 e. The number of nitrogens with one attached hydrogen (secondary N) is 1. The summed E-state index contributed by atoms with van der Waals surface area (Å²) in [5.41, 5.74) is 0.782. The van der Waals surface area contributed by atoms with Crippen molar-refractivity contribution in [3.05, 3.63) is 34.9 Å². The predicted octanol–water partition coefficient (Wildman–Crippen LogP) is 2.97. The quantitative estimate of drug-likeness (QED) is 0.711. The molecule has 3 fully saturated rings. The van der Waals surface area contributed by atoms with E-state index in [1.807, 2.05) is 0 Å². The molecule has 2 aromatic rings. The van der Waals surface area contributed by atoms with Gasteiger partial charge in [-0.15, -0.1) is 0 Å². The van der Waals surface area contributed by atoms with Gasteiger partial charge in [0.05, 0.1) is 0 Å². The van der Waals surface area contributed by atoms with Crippen LogP contribution in [-0.2, 0) is 4.79 Å². The lowest BCUT2D eigenvalue weighted by molar-refractivity contribution is -0.134. The molecule has 9 heteroatoms. The third-order valence-electron chi connectivity index (χ3n) is 4.83. The van der Waals surface area contributed by atoms with Crippen LogP contribution < -0.4 is 10.2 Å². The number of rotatable bonds is 3. The van der Waals surface area contributed by atoms with Crippen LogP contribution in [0.15, 0.2) is 28.8 Å². The highest BCUT2D eigenvalue weighted by atomic mass is 35.5. The molecule has 0 aliphatic carbocycles. The molecule has 3 saturated heterocycles. The van der Waals surface area contributed by atoms with Crippen molar-refractivity contribution in [3.8, 4) is 11.3 Å². The van der Waals surface area contributed by atoms with Crippen molar-refractivity contribution in [2.24, 2.45) is 5.92 Å². The van der Waals surface area contributed by atoms with Gasteiger partial charge in [0.2, 0.25) is 0 Å². The van der Waals surface area contributed by atoms with E-state index >= 15 is 0 Å². The summed E-state index contributed by atoms with van der Waals surface area (Å²) in [6, 6.07) is 7.28. The summed E-state index contributed by atoms with van der Waals surface area (Å²) in [6.45, 7) is 3.62. The van der Waals surface area contributed by atoms with Crippen LogP contribution in [0, 0.1) is 5.92 Å². The van der Waals surface area contributed by atoms with Crippen LogP contribution in [0.5, 0.6) is 0 Å². The van der Waals surface area contributed by atoms with Crippen molar-refractivity contribution < 1.29 is 24.3 Å². The number of nitrogens with zero attached hydrogens (tertiary/aromatic N) is 2. The summed E-state index contributed by atoms with van der Waals surface area (Å²) in [4.78, 5) is 22.9. The van der Waals surface area contributed by atoms with E-state index in [4.69, 9.17) is 26.0 Å². The standard InChI is InChI=1S/C17H18ClN3O3.C2H4O2/c18-12-4-2-11(3-5-12)15-14(17(22)23)16(20-24-15)21-8-10-1-6-13(9-21)19-7-10;1-2(3)4/h2-5,10,13,19H,1,6-9H2,(H,22,23);1H3,(H,3,4)/t10-,13-;/m0./s1. The maximum Gasteiger partial charge on any atom is 0.343 e. The van der Waals surface area contributed by atoms with E-state index in [0.717, 1.165) is 33.0 Å². The number of fused-ring (bicyclic) bond motifs is 4. The Morgan fingerprint density at radius 2 is 1.89 bits per heavy atom. The Morgan fingerprint density at radius 3 is 2.46 bits per heavy atom. The third kappa shape index (κ3) is 4.63. The van der Waals surface area contributed by atoms with Crippen molar-refractivity contribution in [1.29, 1.82) is 0 Å². The maximum absolute atomic E-state index is 11.9. The summed E-state index contributed by atoms with van der Waals surface area (Å²) in [5.74, 6) is -0.645. The van der Waals surface area contributed by atoms with Crippen molar-refractivity contribution in [2.75, 3.05) is 24.5 Å². The van der Waals surface area contributed by atoms with E-state index in [1.165, 1.54) is 6.42 Å². The Balaban J connectivity index is 0.000000516. The number of piperidine rings is 1. The number of carboxylic acid groups (broad SMARTS) is 2. The first-order valence-electron chi connectivity index (χ1n) is 9.02. The molecule has 2 atom stereocenters. The lowest BCUT2D eigenvalue weighted by Crippen LogP contribution is -2.39. The van der Waals surface area contributed by atoms with Crippen LogP contribution >= 0.6 is 11.6 Å². The van der Waals surface area contributed by atoms with Gasteiger partial charge < -0.3 is 25.0 Å². The molecule has 1 aromatic heterocycles. The van der Waals surface area contributed by atoms with Crippen LogP contribution in [-0.4, -0.2) is 53.0 Å². The van der Waals surface area contributed by atoms with E-state index in [2.05, 4.69) is 15.4 Å². The topological polar surface area (TPSA) is 116 Å². The zero-order chi connectivity index (χ0) is 20.3. The molecule has 1 aromatic carbocycles. The molecule has 0 radical (unpaired) electrons. The zero-order valence-electron chi connectivity index (χ0n) is 15.4. The van der Waals surface area contributed by atoms with Gasteiger partial charge in [-0.2, -0.15) is 0 Å². The van der Waals surface area contributed by atoms with Crippen molar-refractivity contribution in [2.45, 2.75) is 25.8 Å². The van der Waals surface area contributed by atoms with E-state index in [1.54, 1.807) is 24.3 Å². The number of anilines is 1. The van der Waals surface area contributed by atoms with E-state index < -0.39 is 11.9 Å². The predicted molar refractivity (Wildman–Crippen MR) is 104 cm³/mol. The summed E-state index contributed by atoms with van der Waals surface area (Å²) >= 11 is 5.91. The molecule has 0 saturated carbocycles. The number of aromatic nitrogens is 1. The fourth-order valence-electron chi connectivity index (χ4n) is 3.60. The average Bonchev–Trinajstić information content (AvgIpc) is 2.86. The lowest BCUT2D eigenvalue weighted by atomic mass is 9.97. The highest BCUT2D eigenvalue weighted by Crippen LogP contribution is 2.34. The SMILES string of the molecule is CC(=O)O.O=C(O)c1c(N2C[C@H]3CC[C@@H](C2)NC3)noc1-c1ccc(Cl)cc1. The highest BCUT2D eigenvalue weighted by molar-refractivity contribution is 6.30. The molecule has 28 heavy (non-hydrogen) atoms. The largest absolute Gasteiger partial charge is 0.481 e. The van der Waals surface area contributed by atoms with Gasteiger partial charge in [-0.05, 0) is 49.6 Å². The van der Waals surface area contributed by atoms with E-state index in [-0.39, 0.29) is 11.3 Å². The van der Waals surface area contributed by atoms with Crippen LogP contribution in [0.4, 0.5) is 5.82 Å². The van der Waals surface area contributed by atoms with Gasteiger partial charge in [0.1, 0.15) is 0 Å². The number of carboxylic acids is 2. The first kappa shape index (κ1) is 20.2.